The molecule has 3 aromatic carbocycles. The average Bonchev–Trinajstić information content (AvgIpc) is 2.70. The molecule has 0 N–H and O–H groups in total. The highest BCUT2D eigenvalue weighted by Gasteiger charge is 2.34. The molecule has 0 saturated carbocycles. The molecule has 2 amide bonds. The monoisotopic (exact) mass is 362 g/mol. The van der Waals surface area contributed by atoms with Crippen molar-refractivity contribution in [3.05, 3.63) is 53.6 Å². The Hall–Kier alpha value is -2.92. The standard InChI is InChI=1S/C22H22N2O3/c1-4-23(2)11-12-24-21(25)16-9-10-18(27-3)17-13-14-7-5-6-8-15(14)20(19(16)17)22(24)26/h5-10,13H,4,11-12H2,1-3H3. The molecule has 0 fully saturated rings. The number of methoxy groups -OCH3 is 1. The second kappa shape index (κ2) is 6.67. The summed E-state index contributed by atoms with van der Waals surface area (Å²) in [6.45, 7) is 3.93. The van der Waals surface area contributed by atoms with Crippen LogP contribution in [0, 0.1) is 0 Å². The van der Waals surface area contributed by atoms with Crippen LogP contribution in [0.25, 0.3) is 21.5 Å². The molecular weight excluding hydrogens is 340 g/mol. The molecule has 0 bridgehead atoms. The van der Waals surface area contributed by atoms with Gasteiger partial charge in [-0.05, 0) is 42.6 Å². The second-order valence-corrected chi connectivity index (χ2v) is 6.87. The van der Waals surface area contributed by atoms with Crippen LogP contribution < -0.4 is 4.74 Å². The summed E-state index contributed by atoms with van der Waals surface area (Å²) in [6, 6.07) is 13.4. The highest BCUT2D eigenvalue weighted by atomic mass is 16.5. The molecule has 5 heteroatoms. The van der Waals surface area contributed by atoms with Gasteiger partial charge in [0.1, 0.15) is 5.75 Å². The van der Waals surface area contributed by atoms with Gasteiger partial charge in [-0.3, -0.25) is 14.5 Å². The molecular formula is C22H22N2O3. The van der Waals surface area contributed by atoms with E-state index in [4.69, 9.17) is 4.74 Å². The van der Waals surface area contributed by atoms with Gasteiger partial charge in [0.25, 0.3) is 11.8 Å². The van der Waals surface area contributed by atoms with Gasteiger partial charge >= 0.3 is 0 Å². The molecule has 1 aliphatic rings. The van der Waals surface area contributed by atoms with Gasteiger partial charge in [-0.2, -0.15) is 0 Å². The van der Waals surface area contributed by atoms with E-state index in [0.717, 1.165) is 22.7 Å². The van der Waals surface area contributed by atoms with Crippen molar-refractivity contribution in [1.82, 2.24) is 9.80 Å². The van der Waals surface area contributed by atoms with Crippen LogP contribution >= 0.6 is 0 Å². The summed E-state index contributed by atoms with van der Waals surface area (Å²) in [5.74, 6) is 0.201. The van der Waals surface area contributed by atoms with Crippen LogP contribution in [0.4, 0.5) is 0 Å². The third-order valence-electron chi connectivity index (χ3n) is 5.39. The topological polar surface area (TPSA) is 49.9 Å². The number of rotatable bonds is 5. The van der Waals surface area contributed by atoms with Gasteiger partial charge in [0, 0.05) is 29.4 Å². The van der Waals surface area contributed by atoms with E-state index < -0.39 is 0 Å². The van der Waals surface area contributed by atoms with Crippen LogP contribution in [-0.2, 0) is 0 Å². The maximum absolute atomic E-state index is 13.4. The number of nitrogens with zero attached hydrogens (tertiary/aromatic N) is 2. The first-order valence-corrected chi connectivity index (χ1v) is 9.14. The van der Waals surface area contributed by atoms with E-state index in [2.05, 4.69) is 11.8 Å². The smallest absolute Gasteiger partial charge is 0.262 e. The van der Waals surface area contributed by atoms with Crippen LogP contribution in [0.1, 0.15) is 27.6 Å². The highest BCUT2D eigenvalue weighted by Crippen LogP contribution is 2.39. The summed E-state index contributed by atoms with van der Waals surface area (Å²) >= 11 is 0. The second-order valence-electron chi connectivity index (χ2n) is 6.87. The Kier molecular flexibility index (Phi) is 4.32. The summed E-state index contributed by atoms with van der Waals surface area (Å²) in [7, 11) is 3.58. The van der Waals surface area contributed by atoms with Crippen molar-refractivity contribution >= 4 is 33.4 Å². The fourth-order valence-corrected chi connectivity index (χ4v) is 3.74. The Morgan fingerprint density at radius 3 is 2.56 bits per heavy atom. The fraction of sp³-hybridized carbons (Fsp3) is 0.273. The van der Waals surface area contributed by atoms with E-state index >= 15 is 0 Å². The lowest BCUT2D eigenvalue weighted by atomic mass is 9.89. The number of fused-ring (bicyclic) bond motifs is 2. The van der Waals surface area contributed by atoms with Crippen molar-refractivity contribution in [2.75, 3.05) is 33.8 Å². The molecule has 0 saturated heterocycles. The normalized spacial score (nSPS) is 13.9. The Morgan fingerprint density at radius 2 is 1.81 bits per heavy atom. The zero-order valence-electron chi connectivity index (χ0n) is 15.8. The SMILES string of the molecule is CCN(C)CCN1C(=O)c2ccc(OC)c3cc4ccccc4c(c23)C1=O. The van der Waals surface area contributed by atoms with Crippen LogP contribution in [0.3, 0.4) is 0 Å². The van der Waals surface area contributed by atoms with E-state index in [-0.39, 0.29) is 11.8 Å². The molecule has 0 aromatic heterocycles. The van der Waals surface area contributed by atoms with Gasteiger partial charge in [0.05, 0.1) is 12.7 Å². The summed E-state index contributed by atoms with van der Waals surface area (Å²) in [4.78, 5) is 29.9. The minimum Gasteiger partial charge on any atom is -0.496 e. The van der Waals surface area contributed by atoms with Crippen LogP contribution in [-0.4, -0.2) is 55.4 Å². The van der Waals surface area contributed by atoms with Crippen LogP contribution in [0.2, 0.25) is 0 Å². The van der Waals surface area contributed by atoms with Gasteiger partial charge in [-0.15, -0.1) is 0 Å². The van der Waals surface area contributed by atoms with Gasteiger partial charge in [0.2, 0.25) is 0 Å². The van der Waals surface area contributed by atoms with E-state index in [1.807, 2.05) is 37.4 Å². The molecule has 0 radical (unpaired) electrons. The maximum Gasteiger partial charge on any atom is 0.262 e. The number of hydrogen-bond acceptors (Lipinski definition) is 4. The Balaban J connectivity index is 1.98. The first-order valence-electron chi connectivity index (χ1n) is 9.14. The number of hydrogen-bond donors (Lipinski definition) is 0. The van der Waals surface area contributed by atoms with E-state index in [9.17, 15) is 9.59 Å². The number of carbonyl (C=O) groups excluding carboxylic acids is 2. The van der Waals surface area contributed by atoms with Crippen molar-refractivity contribution in [3.8, 4) is 5.75 Å². The number of carbonyl (C=O) groups is 2. The van der Waals surface area contributed by atoms with E-state index in [1.165, 1.54) is 4.90 Å². The maximum atomic E-state index is 13.4. The third-order valence-corrected chi connectivity index (χ3v) is 5.39. The zero-order valence-corrected chi connectivity index (χ0v) is 15.8. The van der Waals surface area contributed by atoms with Gasteiger partial charge in [-0.1, -0.05) is 31.2 Å². The van der Waals surface area contributed by atoms with Gasteiger partial charge in [-0.25, -0.2) is 0 Å². The molecule has 5 nitrogen and oxygen atoms in total. The Bertz CT molecular complexity index is 1070. The summed E-state index contributed by atoms with van der Waals surface area (Å²) in [6.07, 6.45) is 0. The van der Waals surface area contributed by atoms with Gasteiger partial charge < -0.3 is 9.64 Å². The van der Waals surface area contributed by atoms with Crippen LogP contribution in [0.5, 0.6) is 5.75 Å². The highest BCUT2D eigenvalue weighted by molar-refractivity contribution is 6.31. The van der Waals surface area contributed by atoms with Crippen molar-refractivity contribution in [2.45, 2.75) is 6.92 Å². The van der Waals surface area contributed by atoms with Crippen molar-refractivity contribution in [2.24, 2.45) is 0 Å². The molecule has 0 spiro atoms. The van der Waals surface area contributed by atoms with E-state index in [1.54, 1.807) is 19.2 Å². The summed E-state index contributed by atoms with van der Waals surface area (Å²) in [5.41, 5.74) is 1.15. The average molecular weight is 362 g/mol. The van der Waals surface area contributed by atoms with Crippen molar-refractivity contribution in [1.29, 1.82) is 0 Å². The fourth-order valence-electron chi connectivity index (χ4n) is 3.74. The zero-order chi connectivity index (χ0) is 19.1. The molecule has 1 heterocycles. The lowest BCUT2D eigenvalue weighted by Gasteiger charge is -2.29. The molecule has 1 aliphatic heterocycles. The number of ether oxygens (including phenoxy) is 1. The first-order chi connectivity index (χ1) is 13.1. The molecule has 0 atom stereocenters. The predicted molar refractivity (Wildman–Crippen MR) is 107 cm³/mol. The molecule has 27 heavy (non-hydrogen) atoms. The minimum atomic E-state index is -0.236. The number of imide groups is 1. The number of amides is 2. The largest absolute Gasteiger partial charge is 0.496 e. The lowest BCUT2D eigenvalue weighted by molar-refractivity contribution is 0.0599. The molecule has 3 aromatic rings. The lowest BCUT2D eigenvalue weighted by Crippen LogP contribution is -2.44. The molecule has 0 aliphatic carbocycles. The Labute approximate surface area is 158 Å². The van der Waals surface area contributed by atoms with Crippen molar-refractivity contribution < 1.29 is 14.3 Å². The summed E-state index contributed by atoms with van der Waals surface area (Å²) < 4.78 is 5.50. The third kappa shape index (κ3) is 2.66. The predicted octanol–water partition coefficient (Wildman–Crippen LogP) is 3.55. The Morgan fingerprint density at radius 1 is 1.04 bits per heavy atom. The molecule has 4 rings (SSSR count). The van der Waals surface area contributed by atoms with Gasteiger partial charge in [0.15, 0.2) is 0 Å². The van der Waals surface area contributed by atoms with E-state index in [0.29, 0.717) is 35.4 Å². The van der Waals surface area contributed by atoms with Crippen LogP contribution in [0.15, 0.2) is 42.5 Å². The minimum absolute atomic E-state index is 0.230. The summed E-state index contributed by atoms with van der Waals surface area (Å²) in [5, 5.41) is 3.33. The van der Waals surface area contributed by atoms with Crippen molar-refractivity contribution in [3.63, 3.8) is 0 Å². The molecule has 138 valence electrons. The first kappa shape index (κ1) is 17.5. The molecule has 0 unspecified atom stereocenters. The number of benzene rings is 3. The quantitative estimate of drug-likeness (QED) is 0.514. The number of likely N-dealkylation sites (N-methyl/N-ethyl adjacent to an activating group) is 1.